The second-order valence-electron chi connectivity index (χ2n) is 1.83. The molecule has 0 aromatic rings. The molecule has 0 aliphatic carbocycles. The maximum atomic E-state index is 10.4. The summed E-state index contributed by atoms with van der Waals surface area (Å²) in [6, 6.07) is 0. The lowest BCUT2D eigenvalue weighted by molar-refractivity contribution is -0.111. The first-order valence-electron chi connectivity index (χ1n) is 2.37. The van der Waals surface area contributed by atoms with Crippen LogP contribution < -0.4 is 0 Å². The maximum Gasteiger partial charge on any atom is 0.297 e. The standard InChI is InChI=1S/C4H7BNO/c1-6-3-2-4(7)5-6/h2-3H2,1H3. The van der Waals surface area contributed by atoms with Gasteiger partial charge in [0, 0.05) is 6.42 Å². The number of nitrogens with zero attached hydrogens (tertiary/aromatic N) is 1. The second kappa shape index (κ2) is 1.66. The minimum atomic E-state index is 0.252. The van der Waals surface area contributed by atoms with Gasteiger partial charge in [0.05, 0.1) is 0 Å². The van der Waals surface area contributed by atoms with Gasteiger partial charge in [-0.25, -0.2) is 0 Å². The van der Waals surface area contributed by atoms with Gasteiger partial charge in [0.1, 0.15) is 5.68 Å². The molecule has 7 heavy (non-hydrogen) atoms. The van der Waals surface area contributed by atoms with E-state index in [0.717, 1.165) is 6.54 Å². The van der Waals surface area contributed by atoms with Gasteiger partial charge in [-0.3, -0.25) is 0 Å². The Kier molecular flexibility index (Phi) is 1.15. The zero-order valence-electron chi connectivity index (χ0n) is 4.35. The molecule has 0 bridgehead atoms. The number of carbonyl (C=O) groups excluding carboxylic acids is 1. The van der Waals surface area contributed by atoms with E-state index in [0.29, 0.717) is 6.42 Å². The minimum absolute atomic E-state index is 0.252. The number of rotatable bonds is 0. The summed E-state index contributed by atoms with van der Waals surface area (Å²) in [5.74, 6) is 0. The van der Waals surface area contributed by atoms with Crippen molar-refractivity contribution >= 4 is 13.1 Å². The Morgan fingerprint density at radius 2 is 2.57 bits per heavy atom. The van der Waals surface area contributed by atoms with Crippen LogP contribution in [0.15, 0.2) is 0 Å². The van der Waals surface area contributed by atoms with Crippen LogP contribution in [0.4, 0.5) is 0 Å². The quantitative estimate of drug-likeness (QED) is 0.377. The summed E-state index contributed by atoms with van der Waals surface area (Å²) in [7, 11) is 3.55. The van der Waals surface area contributed by atoms with Crippen molar-refractivity contribution in [3.8, 4) is 0 Å². The number of carbonyl (C=O) groups is 1. The van der Waals surface area contributed by atoms with Gasteiger partial charge >= 0.3 is 0 Å². The van der Waals surface area contributed by atoms with E-state index in [1.165, 1.54) is 0 Å². The van der Waals surface area contributed by atoms with Crippen molar-refractivity contribution in [3.05, 3.63) is 0 Å². The zero-order valence-corrected chi connectivity index (χ0v) is 4.35. The van der Waals surface area contributed by atoms with Crippen molar-refractivity contribution in [1.29, 1.82) is 0 Å². The monoisotopic (exact) mass is 96.1 g/mol. The Labute approximate surface area is 43.8 Å². The van der Waals surface area contributed by atoms with Gasteiger partial charge in [-0.15, -0.1) is 0 Å². The van der Waals surface area contributed by atoms with Crippen LogP contribution in [-0.4, -0.2) is 31.5 Å². The Morgan fingerprint density at radius 1 is 1.86 bits per heavy atom. The lowest BCUT2D eigenvalue weighted by atomic mass is 9.90. The molecule has 3 heteroatoms. The summed E-state index contributed by atoms with van der Waals surface area (Å²) >= 11 is 0. The maximum absolute atomic E-state index is 10.4. The molecular formula is C4H7BNO. The van der Waals surface area contributed by atoms with Crippen LogP contribution in [0.2, 0.25) is 0 Å². The molecule has 1 rings (SSSR count). The summed E-state index contributed by atoms with van der Waals surface area (Å²) in [5, 5.41) is 0. The van der Waals surface area contributed by atoms with E-state index in [2.05, 4.69) is 0 Å². The van der Waals surface area contributed by atoms with E-state index in [1.807, 2.05) is 11.9 Å². The molecule has 0 spiro atoms. The minimum Gasteiger partial charge on any atom is -0.342 e. The predicted octanol–water partition coefficient (Wildman–Crippen LogP) is -0.532. The average Bonchev–Trinajstić information content (AvgIpc) is 1.87. The molecule has 0 aromatic carbocycles. The molecule has 0 N–H and O–H groups in total. The fraction of sp³-hybridized carbons (Fsp3) is 0.750. The largest absolute Gasteiger partial charge is 0.342 e. The van der Waals surface area contributed by atoms with Gasteiger partial charge < -0.3 is 9.61 Å². The number of hydrogen-bond donors (Lipinski definition) is 0. The molecule has 1 radical (unpaired) electrons. The third-order valence-electron chi connectivity index (χ3n) is 1.08. The molecule has 0 amide bonds. The molecule has 1 saturated heterocycles. The zero-order chi connectivity index (χ0) is 5.28. The first-order valence-corrected chi connectivity index (χ1v) is 2.37. The van der Waals surface area contributed by atoms with E-state index in [1.54, 1.807) is 7.41 Å². The Bertz CT molecular complexity index is 93.7. The smallest absolute Gasteiger partial charge is 0.297 e. The van der Waals surface area contributed by atoms with Crippen LogP contribution in [0.1, 0.15) is 6.42 Å². The van der Waals surface area contributed by atoms with Crippen LogP contribution in [0, 0.1) is 0 Å². The van der Waals surface area contributed by atoms with E-state index in [4.69, 9.17) is 0 Å². The molecule has 37 valence electrons. The molecule has 1 aliphatic heterocycles. The second-order valence-corrected chi connectivity index (χ2v) is 1.83. The predicted molar refractivity (Wildman–Crippen MR) is 28.0 cm³/mol. The van der Waals surface area contributed by atoms with Gasteiger partial charge in [0.2, 0.25) is 0 Å². The van der Waals surface area contributed by atoms with Crippen LogP contribution >= 0.6 is 0 Å². The van der Waals surface area contributed by atoms with Gasteiger partial charge in [0.15, 0.2) is 0 Å². The summed E-state index contributed by atoms with van der Waals surface area (Å²) in [5.41, 5.74) is 0.252. The molecule has 0 unspecified atom stereocenters. The first kappa shape index (κ1) is 4.84. The highest BCUT2D eigenvalue weighted by Crippen LogP contribution is 1.95. The van der Waals surface area contributed by atoms with E-state index in [-0.39, 0.29) is 5.68 Å². The van der Waals surface area contributed by atoms with Crippen molar-refractivity contribution in [1.82, 2.24) is 4.81 Å². The van der Waals surface area contributed by atoms with Crippen molar-refractivity contribution in [2.45, 2.75) is 6.42 Å². The fourth-order valence-electron chi connectivity index (χ4n) is 0.661. The topological polar surface area (TPSA) is 20.3 Å². The van der Waals surface area contributed by atoms with Crippen molar-refractivity contribution in [2.75, 3.05) is 13.6 Å². The molecule has 1 fully saturated rings. The third-order valence-corrected chi connectivity index (χ3v) is 1.08. The van der Waals surface area contributed by atoms with Crippen LogP contribution in [-0.2, 0) is 4.79 Å². The van der Waals surface area contributed by atoms with Crippen LogP contribution in [0.3, 0.4) is 0 Å². The normalized spacial score (nSPS) is 22.7. The van der Waals surface area contributed by atoms with E-state index >= 15 is 0 Å². The summed E-state index contributed by atoms with van der Waals surface area (Å²) < 4.78 is 0. The lowest BCUT2D eigenvalue weighted by Gasteiger charge is -1.98. The van der Waals surface area contributed by atoms with Crippen molar-refractivity contribution in [2.24, 2.45) is 0 Å². The average molecular weight is 95.9 g/mol. The summed E-state index contributed by atoms with van der Waals surface area (Å²) in [4.78, 5) is 12.3. The molecule has 1 aliphatic rings. The van der Waals surface area contributed by atoms with Crippen molar-refractivity contribution < 1.29 is 4.79 Å². The highest BCUT2D eigenvalue weighted by atomic mass is 16.1. The Morgan fingerprint density at radius 3 is 2.71 bits per heavy atom. The Balaban J connectivity index is 2.40. The summed E-state index contributed by atoms with van der Waals surface area (Å²) in [6.45, 7) is 0.902. The fourth-order valence-corrected chi connectivity index (χ4v) is 0.661. The number of hydrogen-bond acceptors (Lipinski definition) is 2. The SMILES string of the molecule is CN1[B]C(=O)CC1. The third kappa shape index (κ3) is 1.03. The van der Waals surface area contributed by atoms with Crippen LogP contribution in [0.5, 0.6) is 0 Å². The molecule has 0 saturated carbocycles. The molecule has 0 aromatic heterocycles. The van der Waals surface area contributed by atoms with Crippen molar-refractivity contribution in [3.63, 3.8) is 0 Å². The van der Waals surface area contributed by atoms with Crippen LogP contribution in [0.25, 0.3) is 0 Å². The lowest BCUT2D eigenvalue weighted by Crippen LogP contribution is -2.17. The van der Waals surface area contributed by atoms with Gasteiger partial charge in [-0.05, 0) is 13.6 Å². The molecule has 1 heterocycles. The van der Waals surface area contributed by atoms with Gasteiger partial charge in [-0.1, -0.05) is 0 Å². The van der Waals surface area contributed by atoms with E-state index < -0.39 is 0 Å². The molecule has 0 atom stereocenters. The van der Waals surface area contributed by atoms with E-state index in [9.17, 15) is 4.79 Å². The highest BCUT2D eigenvalue weighted by molar-refractivity contribution is 6.72. The summed E-state index contributed by atoms with van der Waals surface area (Å²) in [6.07, 6.45) is 0.705. The van der Waals surface area contributed by atoms with Gasteiger partial charge in [0.25, 0.3) is 7.41 Å². The molecule has 2 nitrogen and oxygen atoms in total. The Hall–Kier alpha value is -0.305. The highest BCUT2D eigenvalue weighted by Gasteiger charge is 2.16. The van der Waals surface area contributed by atoms with Gasteiger partial charge in [-0.2, -0.15) is 0 Å². The first-order chi connectivity index (χ1) is 3.29. The molecular weight excluding hydrogens is 88.9 g/mol.